The van der Waals surface area contributed by atoms with Gasteiger partial charge in [-0.15, -0.1) is 0 Å². The van der Waals surface area contributed by atoms with Crippen LogP contribution in [0.15, 0.2) is 0 Å². The van der Waals surface area contributed by atoms with Crippen LogP contribution in [-0.4, -0.2) is 28.2 Å². The standard InChI is InChI=1S/C8H12IN3/c1-2-12-4-3-7-6(5-12)8(9)11-10-7/h2-5H2,1H3,(H,10,11). The predicted octanol–water partition coefficient (Wildman–Crippen LogP) is 1.39. The molecule has 1 aromatic heterocycles. The molecule has 2 rings (SSSR count). The van der Waals surface area contributed by atoms with Crippen molar-refractivity contribution in [3.8, 4) is 0 Å². The van der Waals surface area contributed by atoms with Crippen molar-refractivity contribution in [3.63, 3.8) is 0 Å². The number of hydrogen-bond donors (Lipinski definition) is 1. The van der Waals surface area contributed by atoms with Crippen LogP contribution in [0.1, 0.15) is 18.2 Å². The first-order chi connectivity index (χ1) is 5.81. The zero-order chi connectivity index (χ0) is 8.55. The van der Waals surface area contributed by atoms with Gasteiger partial charge in [-0.2, -0.15) is 5.10 Å². The van der Waals surface area contributed by atoms with Gasteiger partial charge in [-0.3, -0.25) is 10.00 Å². The normalized spacial score (nSPS) is 17.8. The quantitative estimate of drug-likeness (QED) is 0.787. The zero-order valence-electron chi connectivity index (χ0n) is 7.10. The van der Waals surface area contributed by atoms with E-state index < -0.39 is 0 Å². The Morgan fingerprint density at radius 2 is 2.50 bits per heavy atom. The molecule has 66 valence electrons. The van der Waals surface area contributed by atoms with E-state index >= 15 is 0 Å². The van der Waals surface area contributed by atoms with Gasteiger partial charge in [0.1, 0.15) is 3.70 Å². The van der Waals surface area contributed by atoms with Gasteiger partial charge in [0.2, 0.25) is 0 Å². The van der Waals surface area contributed by atoms with E-state index in [1.807, 2.05) is 0 Å². The van der Waals surface area contributed by atoms with Crippen LogP contribution in [0.3, 0.4) is 0 Å². The fourth-order valence-corrected chi connectivity index (χ4v) is 2.20. The third-order valence-electron chi connectivity index (χ3n) is 2.41. The molecule has 0 saturated carbocycles. The fraction of sp³-hybridized carbons (Fsp3) is 0.625. The van der Waals surface area contributed by atoms with Crippen LogP contribution in [0.4, 0.5) is 0 Å². The summed E-state index contributed by atoms with van der Waals surface area (Å²) in [6.07, 6.45) is 1.12. The highest BCUT2D eigenvalue weighted by atomic mass is 127. The van der Waals surface area contributed by atoms with E-state index in [2.05, 4.69) is 44.6 Å². The van der Waals surface area contributed by atoms with E-state index in [1.165, 1.54) is 17.8 Å². The average Bonchev–Trinajstić information content (AvgIpc) is 2.47. The average molecular weight is 277 g/mol. The van der Waals surface area contributed by atoms with Crippen molar-refractivity contribution >= 4 is 22.6 Å². The van der Waals surface area contributed by atoms with Gasteiger partial charge in [0.15, 0.2) is 0 Å². The number of hydrogen-bond acceptors (Lipinski definition) is 2. The highest BCUT2D eigenvalue weighted by Gasteiger charge is 2.19. The summed E-state index contributed by atoms with van der Waals surface area (Å²) in [6.45, 7) is 5.58. The Hall–Kier alpha value is -0.100. The van der Waals surface area contributed by atoms with Crippen molar-refractivity contribution in [2.45, 2.75) is 19.9 Å². The summed E-state index contributed by atoms with van der Waals surface area (Å²) < 4.78 is 1.14. The molecule has 0 saturated heterocycles. The maximum absolute atomic E-state index is 4.20. The number of aromatic amines is 1. The molecule has 0 aromatic carbocycles. The summed E-state index contributed by atoms with van der Waals surface area (Å²) in [6, 6.07) is 0. The van der Waals surface area contributed by atoms with Crippen molar-refractivity contribution in [1.82, 2.24) is 15.1 Å². The number of aromatic nitrogens is 2. The lowest BCUT2D eigenvalue weighted by Crippen LogP contribution is -2.30. The van der Waals surface area contributed by atoms with E-state index in [1.54, 1.807) is 0 Å². The largest absolute Gasteiger partial charge is 0.299 e. The van der Waals surface area contributed by atoms with Crippen LogP contribution >= 0.6 is 22.6 Å². The number of rotatable bonds is 1. The van der Waals surface area contributed by atoms with E-state index in [9.17, 15) is 0 Å². The third kappa shape index (κ3) is 1.37. The molecule has 12 heavy (non-hydrogen) atoms. The smallest absolute Gasteiger partial charge is 0.127 e. The highest BCUT2D eigenvalue weighted by molar-refractivity contribution is 14.1. The van der Waals surface area contributed by atoms with Gasteiger partial charge in [0.25, 0.3) is 0 Å². The molecule has 1 aliphatic rings. The number of nitrogens with one attached hydrogen (secondary N) is 1. The maximum atomic E-state index is 4.20. The van der Waals surface area contributed by atoms with Crippen LogP contribution < -0.4 is 0 Å². The Morgan fingerprint density at radius 3 is 3.25 bits per heavy atom. The first kappa shape index (κ1) is 8.50. The van der Waals surface area contributed by atoms with Gasteiger partial charge >= 0.3 is 0 Å². The van der Waals surface area contributed by atoms with E-state index in [-0.39, 0.29) is 0 Å². The Bertz CT molecular complexity index is 282. The molecular formula is C8H12IN3. The maximum Gasteiger partial charge on any atom is 0.127 e. The first-order valence-corrected chi connectivity index (χ1v) is 5.33. The SMILES string of the molecule is CCN1CCc2[nH]nc(I)c2C1. The summed E-state index contributed by atoms with van der Waals surface area (Å²) >= 11 is 2.30. The molecule has 1 N–H and O–H groups in total. The van der Waals surface area contributed by atoms with Gasteiger partial charge in [-0.05, 0) is 29.1 Å². The molecule has 3 nitrogen and oxygen atoms in total. The number of H-pyrrole nitrogens is 1. The van der Waals surface area contributed by atoms with Crippen LogP contribution in [-0.2, 0) is 13.0 Å². The van der Waals surface area contributed by atoms with E-state index in [4.69, 9.17) is 0 Å². The Morgan fingerprint density at radius 1 is 1.67 bits per heavy atom. The van der Waals surface area contributed by atoms with Gasteiger partial charge in [-0.25, -0.2) is 0 Å². The highest BCUT2D eigenvalue weighted by Crippen LogP contribution is 2.20. The predicted molar refractivity (Wildman–Crippen MR) is 56.0 cm³/mol. The molecule has 0 bridgehead atoms. The Balaban J connectivity index is 2.26. The van der Waals surface area contributed by atoms with E-state index in [0.29, 0.717) is 0 Å². The molecule has 0 spiro atoms. The lowest BCUT2D eigenvalue weighted by molar-refractivity contribution is 0.266. The van der Waals surface area contributed by atoms with Crippen molar-refractivity contribution < 1.29 is 0 Å². The summed E-state index contributed by atoms with van der Waals surface area (Å²) in [4.78, 5) is 2.44. The molecule has 1 aromatic rings. The molecule has 0 radical (unpaired) electrons. The summed E-state index contributed by atoms with van der Waals surface area (Å²) in [5.41, 5.74) is 2.74. The van der Waals surface area contributed by atoms with Gasteiger partial charge in [0.05, 0.1) is 0 Å². The summed E-state index contributed by atoms with van der Waals surface area (Å²) in [7, 11) is 0. The molecule has 0 fully saturated rings. The molecule has 4 heteroatoms. The van der Waals surface area contributed by atoms with Gasteiger partial charge in [-0.1, -0.05) is 6.92 Å². The Labute approximate surface area is 85.7 Å². The Kier molecular flexibility index (Phi) is 2.36. The van der Waals surface area contributed by atoms with E-state index in [0.717, 1.165) is 23.2 Å². The van der Waals surface area contributed by atoms with Crippen LogP contribution in [0.2, 0.25) is 0 Å². The number of fused-ring (bicyclic) bond motifs is 1. The van der Waals surface area contributed by atoms with Crippen LogP contribution in [0.5, 0.6) is 0 Å². The molecule has 0 atom stereocenters. The van der Waals surface area contributed by atoms with Crippen molar-refractivity contribution in [3.05, 3.63) is 15.0 Å². The number of likely N-dealkylation sites (N-methyl/N-ethyl adjacent to an activating group) is 1. The molecular weight excluding hydrogens is 265 g/mol. The minimum absolute atomic E-state index is 1.07. The molecule has 0 aliphatic carbocycles. The summed E-state index contributed by atoms with van der Waals surface area (Å²) in [5, 5.41) is 7.29. The fourth-order valence-electron chi connectivity index (χ4n) is 1.59. The first-order valence-electron chi connectivity index (χ1n) is 4.25. The molecule has 2 heterocycles. The van der Waals surface area contributed by atoms with Crippen LogP contribution in [0.25, 0.3) is 0 Å². The topological polar surface area (TPSA) is 31.9 Å². The minimum atomic E-state index is 1.07. The minimum Gasteiger partial charge on any atom is -0.299 e. The van der Waals surface area contributed by atoms with Gasteiger partial charge < -0.3 is 0 Å². The summed E-state index contributed by atoms with van der Waals surface area (Å²) in [5.74, 6) is 0. The zero-order valence-corrected chi connectivity index (χ0v) is 9.26. The number of nitrogens with zero attached hydrogens (tertiary/aromatic N) is 2. The van der Waals surface area contributed by atoms with Crippen molar-refractivity contribution in [2.75, 3.05) is 13.1 Å². The number of halogens is 1. The van der Waals surface area contributed by atoms with Crippen molar-refractivity contribution in [1.29, 1.82) is 0 Å². The molecule has 0 amide bonds. The lowest BCUT2D eigenvalue weighted by atomic mass is 10.1. The lowest BCUT2D eigenvalue weighted by Gasteiger charge is -2.24. The molecule has 0 unspecified atom stereocenters. The van der Waals surface area contributed by atoms with Crippen LogP contribution in [0, 0.1) is 3.70 Å². The second kappa shape index (κ2) is 3.33. The molecule has 1 aliphatic heterocycles. The second-order valence-corrected chi connectivity index (χ2v) is 4.11. The third-order valence-corrected chi connectivity index (χ3v) is 3.30. The monoisotopic (exact) mass is 277 g/mol. The second-order valence-electron chi connectivity index (χ2n) is 3.09. The van der Waals surface area contributed by atoms with Crippen molar-refractivity contribution in [2.24, 2.45) is 0 Å². The van der Waals surface area contributed by atoms with Gasteiger partial charge in [0, 0.05) is 30.8 Å².